The molecule has 0 unspecified atom stereocenters. The van der Waals surface area contributed by atoms with Gasteiger partial charge in [0.1, 0.15) is 12.4 Å². The maximum atomic E-state index is 3.34. The molecule has 15 heavy (non-hydrogen) atoms. The Balaban J connectivity index is 2.21. The number of aryl methyl sites for hydroxylation is 2. The quantitative estimate of drug-likeness (QED) is 0.535. The lowest BCUT2D eigenvalue weighted by Gasteiger charge is -1.99. The van der Waals surface area contributed by atoms with Crippen molar-refractivity contribution < 1.29 is 4.57 Å². The van der Waals surface area contributed by atoms with Gasteiger partial charge in [-0.1, -0.05) is 13.8 Å². The zero-order valence-electron chi connectivity index (χ0n) is 9.96. The number of aromatic amines is 1. The number of hydrogen-bond donors (Lipinski definition) is 1. The first kappa shape index (κ1) is 12.6. The zero-order valence-corrected chi connectivity index (χ0v) is 10.8. The Labute approximate surface area is 97.5 Å². The number of nitrogens with one attached hydrogen (secondary N) is 1. The van der Waals surface area contributed by atoms with E-state index in [0.29, 0.717) is 0 Å². The second kappa shape index (κ2) is 7.80. The van der Waals surface area contributed by atoms with Crippen molar-refractivity contribution in [2.24, 2.45) is 0 Å². The monoisotopic (exact) mass is 227 g/mol. The van der Waals surface area contributed by atoms with E-state index in [1.54, 1.807) is 0 Å². The van der Waals surface area contributed by atoms with Crippen molar-refractivity contribution in [3.8, 4) is 0 Å². The molecule has 1 heterocycles. The fraction of sp³-hybridized carbons (Fsp3) is 0.750. The van der Waals surface area contributed by atoms with Gasteiger partial charge in [-0.15, -0.1) is 0 Å². The molecular formula is C12H23N2S+. The minimum Gasteiger partial charge on any atom is -0.248 e. The summed E-state index contributed by atoms with van der Waals surface area (Å²) in [6.07, 6.45) is 9.24. The molecule has 0 aliphatic carbocycles. The van der Waals surface area contributed by atoms with E-state index in [9.17, 15) is 0 Å². The summed E-state index contributed by atoms with van der Waals surface area (Å²) in [6, 6.07) is 0. The van der Waals surface area contributed by atoms with E-state index in [1.807, 2.05) is 18.0 Å². The van der Waals surface area contributed by atoms with Gasteiger partial charge < -0.3 is 0 Å². The van der Waals surface area contributed by atoms with E-state index >= 15 is 0 Å². The number of aromatic nitrogens is 2. The van der Waals surface area contributed by atoms with Gasteiger partial charge in [-0.05, 0) is 30.8 Å². The van der Waals surface area contributed by atoms with Crippen molar-refractivity contribution in [1.29, 1.82) is 0 Å². The Morgan fingerprint density at radius 2 is 2.20 bits per heavy atom. The van der Waals surface area contributed by atoms with Gasteiger partial charge >= 0.3 is 0 Å². The van der Waals surface area contributed by atoms with Crippen LogP contribution in [0.25, 0.3) is 0 Å². The molecule has 2 nitrogen and oxygen atoms in total. The number of H-pyrrole nitrogens is 1. The molecule has 0 amide bonds. The Hall–Kier alpha value is -0.440. The van der Waals surface area contributed by atoms with Gasteiger partial charge in [0.2, 0.25) is 0 Å². The average Bonchev–Trinajstić information content (AvgIpc) is 2.66. The summed E-state index contributed by atoms with van der Waals surface area (Å²) in [5.74, 6) is 3.95. The number of hydrogen-bond acceptors (Lipinski definition) is 1. The number of imidazole rings is 1. The molecule has 0 aromatic carbocycles. The lowest BCUT2D eigenvalue weighted by Crippen LogP contribution is -2.35. The van der Waals surface area contributed by atoms with Gasteiger partial charge in [0, 0.05) is 6.42 Å². The van der Waals surface area contributed by atoms with E-state index in [0.717, 1.165) is 6.54 Å². The Bertz CT molecular complexity index is 258. The highest BCUT2D eigenvalue weighted by atomic mass is 32.2. The third kappa shape index (κ3) is 4.74. The molecule has 0 saturated heterocycles. The summed E-state index contributed by atoms with van der Waals surface area (Å²) in [6.45, 7) is 5.59. The summed E-state index contributed by atoms with van der Waals surface area (Å²) in [4.78, 5) is 3.34. The second-order valence-corrected chi connectivity index (χ2v) is 5.15. The predicted molar refractivity (Wildman–Crippen MR) is 67.2 cm³/mol. The number of rotatable bonds is 8. The van der Waals surface area contributed by atoms with Gasteiger partial charge in [-0.25, -0.2) is 9.55 Å². The van der Waals surface area contributed by atoms with E-state index in [1.165, 1.54) is 43.0 Å². The molecule has 1 aromatic rings. The Morgan fingerprint density at radius 1 is 1.33 bits per heavy atom. The summed E-state index contributed by atoms with van der Waals surface area (Å²) in [5.41, 5.74) is 0. The van der Waals surface area contributed by atoms with Gasteiger partial charge in [0.15, 0.2) is 0 Å². The Morgan fingerprint density at radius 3 is 2.93 bits per heavy atom. The highest BCUT2D eigenvalue weighted by Crippen LogP contribution is 2.05. The van der Waals surface area contributed by atoms with Gasteiger partial charge in [-0.2, -0.15) is 11.8 Å². The van der Waals surface area contributed by atoms with Crippen LogP contribution in [0.1, 0.15) is 38.9 Å². The van der Waals surface area contributed by atoms with Crippen LogP contribution in [0.5, 0.6) is 0 Å². The topological polar surface area (TPSA) is 19.7 Å². The number of thioether (sulfide) groups is 1. The zero-order chi connectivity index (χ0) is 10.9. The molecule has 86 valence electrons. The van der Waals surface area contributed by atoms with Gasteiger partial charge in [0.25, 0.3) is 5.82 Å². The lowest BCUT2D eigenvalue weighted by molar-refractivity contribution is -0.702. The normalized spacial score (nSPS) is 10.8. The molecule has 0 aliphatic rings. The molecule has 0 spiro atoms. The smallest absolute Gasteiger partial charge is 0.248 e. The molecule has 3 heteroatoms. The molecule has 0 bridgehead atoms. The van der Waals surface area contributed by atoms with Crippen LogP contribution in [0.2, 0.25) is 0 Å². The van der Waals surface area contributed by atoms with Crippen molar-refractivity contribution in [3.63, 3.8) is 0 Å². The molecule has 0 fully saturated rings. The van der Waals surface area contributed by atoms with Crippen LogP contribution in [0, 0.1) is 0 Å². The lowest BCUT2D eigenvalue weighted by atomic mass is 10.2. The van der Waals surface area contributed by atoms with Crippen molar-refractivity contribution in [2.45, 2.75) is 46.1 Å². The molecule has 0 saturated carbocycles. The summed E-state index contributed by atoms with van der Waals surface area (Å²) in [5, 5.41) is 0. The molecule has 1 N–H and O–H groups in total. The molecular weight excluding hydrogens is 204 g/mol. The van der Waals surface area contributed by atoms with E-state index < -0.39 is 0 Å². The molecule has 0 atom stereocenters. The second-order valence-electron chi connectivity index (χ2n) is 3.75. The van der Waals surface area contributed by atoms with Crippen molar-refractivity contribution in [1.82, 2.24) is 4.98 Å². The SMILES string of the molecule is CCC[n+]1cc[nH]c1CCCCSCC. The minimum absolute atomic E-state index is 1.14. The van der Waals surface area contributed by atoms with Crippen LogP contribution in [0.15, 0.2) is 12.4 Å². The van der Waals surface area contributed by atoms with Gasteiger partial charge in [0.05, 0.1) is 6.54 Å². The van der Waals surface area contributed by atoms with E-state index in [-0.39, 0.29) is 0 Å². The van der Waals surface area contributed by atoms with Crippen molar-refractivity contribution >= 4 is 11.8 Å². The average molecular weight is 227 g/mol. The first-order valence-corrected chi connectivity index (χ1v) is 7.17. The molecule has 0 radical (unpaired) electrons. The largest absolute Gasteiger partial charge is 0.254 e. The van der Waals surface area contributed by atoms with E-state index in [2.05, 4.69) is 29.6 Å². The minimum atomic E-state index is 1.14. The molecule has 1 rings (SSSR count). The third-order valence-corrected chi connectivity index (χ3v) is 3.46. The van der Waals surface area contributed by atoms with Crippen LogP contribution in [-0.4, -0.2) is 16.5 Å². The number of unbranched alkanes of at least 4 members (excludes halogenated alkanes) is 1. The highest BCUT2D eigenvalue weighted by molar-refractivity contribution is 7.99. The summed E-state index contributed by atoms with van der Waals surface area (Å²) >= 11 is 2.04. The van der Waals surface area contributed by atoms with Crippen LogP contribution < -0.4 is 4.57 Å². The first-order valence-electron chi connectivity index (χ1n) is 6.02. The maximum absolute atomic E-state index is 3.34. The maximum Gasteiger partial charge on any atom is 0.254 e. The van der Waals surface area contributed by atoms with E-state index in [4.69, 9.17) is 0 Å². The predicted octanol–water partition coefficient (Wildman–Crippen LogP) is 2.79. The van der Waals surface area contributed by atoms with Crippen molar-refractivity contribution in [3.05, 3.63) is 18.2 Å². The summed E-state index contributed by atoms with van der Waals surface area (Å²) < 4.78 is 2.34. The first-order chi connectivity index (χ1) is 7.38. The van der Waals surface area contributed by atoms with Gasteiger partial charge in [-0.3, -0.25) is 0 Å². The number of nitrogens with zero attached hydrogens (tertiary/aromatic N) is 1. The fourth-order valence-corrected chi connectivity index (χ4v) is 2.40. The van der Waals surface area contributed by atoms with Crippen LogP contribution >= 0.6 is 11.8 Å². The van der Waals surface area contributed by atoms with Crippen LogP contribution in [0.4, 0.5) is 0 Å². The Kier molecular flexibility index (Phi) is 6.57. The summed E-state index contributed by atoms with van der Waals surface area (Å²) in [7, 11) is 0. The molecule has 1 aromatic heterocycles. The third-order valence-electron chi connectivity index (χ3n) is 2.47. The standard InChI is InChI=1S/C12H22N2S/c1-3-9-14-10-8-13-12(14)7-5-6-11-15-4-2/h8,10H,3-7,9,11H2,1-2H3/p+1. The molecule has 0 aliphatic heterocycles. The van der Waals surface area contributed by atoms with Crippen LogP contribution in [-0.2, 0) is 13.0 Å². The highest BCUT2D eigenvalue weighted by Gasteiger charge is 2.08. The van der Waals surface area contributed by atoms with Crippen molar-refractivity contribution in [2.75, 3.05) is 11.5 Å². The fourth-order valence-electron chi connectivity index (χ4n) is 1.70. The van der Waals surface area contributed by atoms with Crippen LogP contribution in [0.3, 0.4) is 0 Å².